The van der Waals surface area contributed by atoms with E-state index in [0.717, 1.165) is 9.79 Å². The lowest BCUT2D eigenvalue weighted by Gasteiger charge is -2.13. The van der Waals surface area contributed by atoms with Crippen molar-refractivity contribution in [2.24, 2.45) is 0 Å². The molecule has 0 saturated heterocycles. The lowest BCUT2D eigenvalue weighted by molar-refractivity contribution is 1.53. The number of hydrogen-bond donors (Lipinski definition) is 2. The van der Waals surface area contributed by atoms with E-state index in [1.165, 1.54) is 32.3 Å². The van der Waals surface area contributed by atoms with Crippen LogP contribution in [0, 0.1) is 0 Å². The second-order valence-electron chi connectivity index (χ2n) is 4.60. The van der Waals surface area contributed by atoms with Crippen molar-refractivity contribution in [3.05, 3.63) is 48.5 Å². The summed E-state index contributed by atoms with van der Waals surface area (Å²) in [4.78, 5) is 2.03. The van der Waals surface area contributed by atoms with Crippen LogP contribution in [0.2, 0.25) is 0 Å². The molecular formula is C16H10S2. The minimum atomic E-state index is 1.01. The summed E-state index contributed by atoms with van der Waals surface area (Å²) in [6.45, 7) is 0. The fourth-order valence-corrected chi connectivity index (χ4v) is 3.35. The van der Waals surface area contributed by atoms with Crippen molar-refractivity contribution in [2.45, 2.75) is 9.79 Å². The molecule has 0 aliphatic rings. The third-order valence-corrected chi connectivity index (χ3v) is 4.36. The van der Waals surface area contributed by atoms with Crippen LogP contribution >= 0.6 is 25.3 Å². The van der Waals surface area contributed by atoms with Crippen molar-refractivity contribution in [2.75, 3.05) is 0 Å². The Morgan fingerprint density at radius 1 is 0.611 bits per heavy atom. The van der Waals surface area contributed by atoms with E-state index in [2.05, 4.69) is 73.8 Å². The van der Waals surface area contributed by atoms with Crippen LogP contribution in [0.25, 0.3) is 32.3 Å². The third kappa shape index (κ3) is 1.25. The zero-order chi connectivity index (χ0) is 12.3. The van der Waals surface area contributed by atoms with Gasteiger partial charge in [-0.05, 0) is 44.5 Å². The van der Waals surface area contributed by atoms with Gasteiger partial charge in [0.05, 0.1) is 0 Å². The summed E-state index contributed by atoms with van der Waals surface area (Å²) < 4.78 is 0. The molecule has 2 heteroatoms. The van der Waals surface area contributed by atoms with Gasteiger partial charge in [0.25, 0.3) is 0 Å². The van der Waals surface area contributed by atoms with Crippen molar-refractivity contribution in [3.8, 4) is 0 Å². The molecule has 4 aromatic carbocycles. The first kappa shape index (κ1) is 10.5. The zero-order valence-electron chi connectivity index (χ0n) is 9.51. The summed E-state index contributed by atoms with van der Waals surface area (Å²) in [5.41, 5.74) is 0. The van der Waals surface area contributed by atoms with Crippen LogP contribution in [-0.2, 0) is 0 Å². The monoisotopic (exact) mass is 266 g/mol. The molecule has 86 valence electrons. The summed E-state index contributed by atoms with van der Waals surface area (Å²) in [7, 11) is 0. The normalized spacial score (nSPS) is 11.9. The van der Waals surface area contributed by atoms with Gasteiger partial charge in [0.2, 0.25) is 0 Å². The van der Waals surface area contributed by atoms with Gasteiger partial charge in [0, 0.05) is 9.79 Å². The first-order chi connectivity index (χ1) is 8.75. The van der Waals surface area contributed by atoms with Crippen molar-refractivity contribution >= 4 is 57.6 Å². The van der Waals surface area contributed by atoms with Crippen LogP contribution in [0.15, 0.2) is 58.3 Å². The maximum atomic E-state index is 4.62. The van der Waals surface area contributed by atoms with Gasteiger partial charge < -0.3 is 0 Å². The van der Waals surface area contributed by atoms with Crippen LogP contribution < -0.4 is 0 Å². The largest absolute Gasteiger partial charge is 0.143 e. The highest BCUT2D eigenvalue weighted by Gasteiger charge is 2.11. The van der Waals surface area contributed by atoms with Gasteiger partial charge >= 0.3 is 0 Å². The molecule has 0 fully saturated rings. The number of hydrogen-bond acceptors (Lipinski definition) is 2. The summed E-state index contributed by atoms with van der Waals surface area (Å²) >= 11 is 9.19. The maximum absolute atomic E-state index is 4.62. The molecule has 0 aliphatic carbocycles. The first-order valence-electron chi connectivity index (χ1n) is 5.84. The Hall–Kier alpha value is -1.38. The van der Waals surface area contributed by atoms with Crippen molar-refractivity contribution in [1.29, 1.82) is 0 Å². The molecule has 0 aliphatic heterocycles. The predicted molar refractivity (Wildman–Crippen MR) is 84.7 cm³/mol. The molecule has 0 saturated carbocycles. The highest BCUT2D eigenvalue weighted by Crippen LogP contribution is 2.39. The number of benzene rings is 4. The molecule has 0 amide bonds. The molecule has 0 nitrogen and oxygen atoms in total. The minimum absolute atomic E-state index is 1.01. The van der Waals surface area contributed by atoms with E-state index >= 15 is 0 Å². The Bertz CT molecular complexity index is 879. The van der Waals surface area contributed by atoms with Gasteiger partial charge in [0.15, 0.2) is 0 Å². The molecule has 0 radical (unpaired) electrons. The van der Waals surface area contributed by atoms with E-state index < -0.39 is 0 Å². The van der Waals surface area contributed by atoms with E-state index in [1.54, 1.807) is 0 Å². The second-order valence-corrected chi connectivity index (χ2v) is 5.56. The van der Waals surface area contributed by atoms with Crippen molar-refractivity contribution in [3.63, 3.8) is 0 Å². The number of rotatable bonds is 0. The SMILES string of the molecule is Sc1cc2c(S)ccc3ccc4cccc1c4c32. The molecule has 0 heterocycles. The summed E-state index contributed by atoms with van der Waals surface area (Å²) in [5, 5.41) is 7.53. The fourth-order valence-electron chi connectivity index (χ4n) is 2.78. The molecule has 0 unspecified atom stereocenters. The van der Waals surface area contributed by atoms with E-state index in [1.807, 2.05) is 0 Å². The van der Waals surface area contributed by atoms with Gasteiger partial charge in [-0.2, -0.15) is 0 Å². The van der Waals surface area contributed by atoms with E-state index in [4.69, 9.17) is 0 Å². The van der Waals surface area contributed by atoms with Gasteiger partial charge in [-0.15, -0.1) is 25.3 Å². The Morgan fingerprint density at radius 3 is 2.11 bits per heavy atom. The average molecular weight is 266 g/mol. The summed E-state index contributed by atoms with van der Waals surface area (Å²) in [6.07, 6.45) is 0. The Balaban J connectivity index is 2.49. The quantitative estimate of drug-likeness (QED) is 0.319. The molecule has 4 rings (SSSR count). The topological polar surface area (TPSA) is 0 Å². The van der Waals surface area contributed by atoms with E-state index in [9.17, 15) is 0 Å². The Morgan fingerprint density at radius 2 is 1.28 bits per heavy atom. The van der Waals surface area contributed by atoms with Crippen molar-refractivity contribution < 1.29 is 0 Å². The predicted octanol–water partition coefficient (Wildman–Crippen LogP) is 5.16. The third-order valence-electron chi connectivity index (χ3n) is 3.60. The highest BCUT2D eigenvalue weighted by molar-refractivity contribution is 7.81. The zero-order valence-corrected chi connectivity index (χ0v) is 11.3. The number of thiol groups is 2. The van der Waals surface area contributed by atoms with E-state index in [-0.39, 0.29) is 0 Å². The smallest absolute Gasteiger partial charge is 0.0126 e. The standard InChI is InChI=1S/C16H10S2/c17-13-7-6-10-5-4-9-2-1-3-11-14(18)8-12(13)16(10)15(9)11/h1-8,17-18H. The molecule has 0 N–H and O–H groups in total. The van der Waals surface area contributed by atoms with Crippen LogP contribution in [-0.4, -0.2) is 0 Å². The maximum Gasteiger partial charge on any atom is 0.0126 e. The second kappa shape index (κ2) is 3.56. The lowest BCUT2D eigenvalue weighted by atomic mass is 9.94. The van der Waals surface area contributed by atoms with Crippen LogP contribution in [0.1, 0.15) is 0 Å². The van der Waals surface area contributed by atoms with Gasteiger partial charge in [-0.3, -0.25) is 0 Å². The van der Waals surface area contributed by atoms with Crippen LogP contribution in [0.4, 0.5) is 0 Å². The Labute approximate surface area is 116 Å². The highest BCUT2D eigenvalue weighted by atomic mass is 32.1. The van der Waals surface area contributed by atoms with Gasteiger partial charge in [0.1, 0.15) is 0 Å². The average Bonchev–Trinajstić information content (AvgIpc) is 2.40. The minimum Gasteiger partial charge on any atom is -0.143 e. The van der Waals surface area contributed by atoms with Crippen LogP contribution in [0.3, 0.4) is 0 Å². The van der Waals surface area contributed by atoms with E-state index in [0.29, 0.717) is 0 Å². The first-order valence-corrected chi connectivity index (χ1v) is 6.73. The molecule has 0 bridgehead atoms. The molecule has 0 atom stereocenters. The van der Waals surface area contributed by atoms with Crippen molar-refractivity contribution in [1.82, 2.24) is 0 Å². The Kier molecular flexibility index (Phi) is 2.08. The molecule has 0 aromatic heterocycles. The van der Waals surface area contributed by atoms with Gasteiger partial charge in [-0.25, -0.2) is 0 Å². The summed E-state index contributed by atoms with van der Waals surface area (Å²) in [5.74, 6) is 0. The summed E-state index contributed by atoms with van der Waals surface area (Å²) in [6, 6.07) is 17.0. The lowest BCUT2D eigenvalue weighted by Crippen LogP contribution is -1.85. The van der Waals surface area contributed by atoms with Gasteiger partial charge in [-0.1, -0.05) is 36.4 Å². The molecule has 18 heavy (non-hydrogen) atoms. The fraction of sp³-hybridized carbons (Fsp3) is 0. The molecular weight excluding hydrogens is 256 g/mol. The van der Waals surface area contributed by atoms with Crippen LogP contribution in [0.5, 0.6) is 0 Å². The molecule has 4 aromatic rings. The molecule has 0 spiro atoms.